The van der Waals surface area contributed by atoms with Crippen molar-refractivity contribution in [3.63, 3.8) is 0 Å². The number of nitrogens with zero attached hydrogens (tertiary/aromatic N) is 3. The zero-order chi connectivity index (χ0) is 13.1. The van der Waals surface area contributed by atoms with E-state index >= 15 is 0 Å². The van der Waals surface area contributed by atoms with Crippen LogP contribution < -0.4 is 0 Å². The first-order chi connectivity index (χ1) is 8.58. The fourth-order valence-electron chi connectivity index (χ4n) is 1.61. The van der Waals surface area contributed by atoms with E-state index in [-0.39, 0.29) is 6.54 Å². The summed E-state index contributed by atoms with van der Waals surface area (Å²) >= 11 is 11.8. The van der Waals surface area contributed by atoms with Gasteiger partial charge in [-0.25, -0.2) is 4.98 Å². The third kappa shape index (κ3) is 2.80. The van der Waals surface area contributed by atoms with Crippen molar-refractivity contribution in [1.82, 2.24) is 14.8 Å². The molecule has 0 saturated heterocycles. The quantitative estimate of drug-likeness (QED) is 0.937. The highest BCUT2D eigenvalue weighted by Crippen LogP contribution is 2.28. The van der Waals surface area contributed by atoms with Gasteiger partial charge in [-0.3, -0.25) is 9.48 Å². The summed E-state index contributed by atoms with van der Waals surface area (Å²) in [5, 5.41) is 13.9. The second-order valence-corrected chi connectivity index (χ2v) is 4.52. The molecule has 1 aromatic heterocycles. The van der Waals surface area contributed by atoms with Crippen molar-refractivity contribution in [2.24, 2.45) is 0 Å². The highest BCUT2D eigenvalue weighted by molar-refractivity contribution is 6.35. The average Bonchev–Trinajstić information content (AvgIpc) is 2.79. The van der Waals surface area contributed by atoms with Gasteiger partial charge in [0.25, 0.3) is 0 Å². The molecule has 0 radical (unpaired) electrons. The van der Waals surface area contributed by atoms with Crippen molar-refractivity contribution in [3.05, 3.63) is 46.5 Å². The number of aliphatic carboxylic acids is 1. The molecule has 1 N–H and O–H groups in total. The van der Waals surface area contributed by atoms with Crippen LogP contribution in [0, 0.1) is 0 Å². The van der Waals surface area contributed by atoms with Gasteiger partial charge >= 0.3 is 5.97 Å². The minimum atomic E-state index is -0.977. The zero-order valence-corrected chi connectivity index (χ0v) is 10.6. The molecule has 5 nitrogen and oxygen atoms in total. The summed E-state index contributed by atoms with van der Waals surface area (Å²) < 4.78 is 1.45. The zero-order valence-electron chi connectivity index (χ0n) is 9.12. The smallest absolute Gasteiger partial charge is 0.312 e. The molecular formula is C11H9Cl2N3O2. The highest BCUT2D eigenvalue weighted by Gasteiger charge is 2.23. The molecule has 0 saturated carbocycles. The molecule has 1 unspecified atom stereocenters. The van der Waals surface area contributed by atoms with E-state index in [1.54, 1.807) is 12.1 Å². The van der Waals surface area contributed by atoms with Crippen molar-refractivity contribution in [2.45, 2.75) is 12.5 Å². The van der Waals surface area contributed by atoms with Crippen molar-refractivity contribution in [1.29, 1.82) is 0 Å². The maximum Gasteiger partial charge on any atom is 0.312 e. The lowest BCUT2D eigenvalue weighted by atomic mass is 9.99. The fourth-order valence-corrected chi connectivity index (χ4v) is 2.15. The fraction of sp³-hybridized carbons (Fsp3) is 0.182. The van der Waals surface area contributed by atoms with Crippen LogP contribution in [-0.2, 0) is 11.3 Å². The van der Waals surface area contributed by atoms with Gasteiger partial charge in [0.05, 0.1) is 6.54 Å². The minimum absolute atomic E-state index is 0.163. The van der Waals surface area contributed by atoms with Gasteiger partial charge in [-0.05, 0) is 17.7 Å². The molecule has 1 heterocycles. The SMILES string of the molecule is O=C(O)C(Cn1cncn1)c1ccc(Cl)cc1Cl. The van der Waals surface area contributed by atoms with E-state index in [9.17, 15) is 9.90 Å². The Bertz CT molecular complexity index is 557. The van der Waals surface area contributed by atoms with Crippen LogP contribution in [0.4, 0.5) is 0 Å². The number of rotatable bonds is 4. The molecule has 18 heavy (non-hydrogen) atoms. The molecular weight excluding hydrogens is 277 g/mol. The lowest BCUT2D eigenvalue weighted by Crippen LogP contribution is -2.19. The van der Waals surface area contributed by atoms with Gasteiger partial charge in [0.1, 0.15) is 18.6 Å². The van der Waals surface area contributed by atoms with Crippen molar-refractivity contribution >= 4 is 29.2 Å². The first-order valence-corrected chi connectivity index (χ1v) is 5.83. The van der Waals surface area contributed by atoms with Crippen LogP contribution in [0.2, 0.25) is 10.0 Å². The number of aromatic nitrogens is 3. The predicted molar refractivity (Wildman–Crippen MR) is 66.9 cm³/mol. The maximum atomic E-state index is 11.3. The maximum absolute atomic E-state index is 11.3. The molecule has 0 bridgehead atoms. The van der Waals surface area contributed by atoms with Gasteiger partial charge in [-0.1, -0.05) is 29.3 Å². The van der Waals surface area contributed by atoms with Gasteiger partial charge in [-0.15, -0.1) is 0 Å². The highest BCUT2D eigenvalue weighted by atomic mass is 35.5. The summed E-state index contributed by atoms with van der Waals surface area (Å²) in [5.74, 6) is -1.77. The molecule has 0 aliphatic heterocycles. The standard InChI is InChI=1S/C11H9Cl2N3O2/c12-7-1-2-8(10(13)3-7)9(11(17)18)4-16-6-14-5-15-16/h1-3,5-6,9H,4H2,(H,17,18). The van der Waals surface area contributed by atoms with Gasteiger partial charge in [0.15, 0.2) is 0 Å². The molecule has 1 aromatic carbocycles. The normalized spacial score (nSPS) is 12.3. The molecule has 7 heteroatoms. The second-order valence-electron chi connectivity index (χ2n) is 3.67. The van der Waals surface area contributed by atoms with E-state index in [2.05, 4.69) is 10.1 Å². The Balaban J connectivity index is 2.32. The molecule has 0 aliphatic rings. The number of benzene rings is 1. The molecule has 2 aromatic rings. The van der Waals surface area contributed by atoms with Crippen LogP contribution >= 0.6 is 23.2 Å². The Hall–Kier alpha value is -1.59. The van der Waals surface area contributed by atoms with Crippen LogP contribution in [0.5, 0.6) is 0 Å². The van der Waals surface area contributed by atoms with Crippen LogP contribution in [0.25, 0.3) is 0 Å². The van der Waals surface area contributed by atoms with E-state index in [0.29, 0.717) is 15.6 Å². The summed E-state index contributed by atoms with van der Waals surface area (Å²) in [6.45, 7) is 0.163. The Morgan fingerprint density at radius 1 is 1.44 bits per heavy atom. The first-order valence-electron chi connectivity index (χ1n) is 5.08. The van der Waals surface area contributed by atoms with Gasteiger partial charge in [0, 0.05) is 10.0 Å². The molecule has 94 valence electrons. The van der Waals surface area contributed by atoms with Gasteiger partial charge < -0.3 is 5.11 Å². The monoisotopic (exact) mass is 285 g/mol. The summed E-state index contributed by atoms with van der Waals surface area (Å²) in [7, 11) is 0. The van der Waals surface area contributed by atoms with Crippen molar-refractivity contribution < 1.29 is 9.90 Å². The number of hydrogen-bond donors (Lipinski definition) is 1. The van der Waals surface area contributed by atoms with E-state index in [0.717, 1.165) is 0 Å². The third-order valence-electron chi connectivity index (χ3n) is 2.47. The molecule has 2 rings (SSSR count). The number of carboxylic acids is 1. The number of hydrogen-bond acceptors (Lipinski definition) is 3. The summed E-state index contributed by atoms with van der Waals surface area (Å²) in [6, 6.07) is 4.75. The van der Waals surface area contributed by atoms with E-state index < -0.39 is 11.9 Å². The predicted octanol–water partition coefficient (Wildman–Crippen LogP) is 2.45. The van der Waals surface area contributed by atoms with Crippen LogP contribution in [0.15, 0.2) is 30.9 Å². The Morgan fingerprint density at radius 2 is 2.22 bits per heavy atom. The Kier molecular flexibility index (Phi) is 3.84. The molecule has 0 amide bonds. The van der Waals surface area contributed by atoms with Crippen LogP contribution in [-0.4, -0.2) is 25.8 Å². The first kappa shape index (κ1) is 12.9. The molecule has 1 atom stereocenters. The Labute approximate surface area is 113 Å². The van der Waals surface area contributed by atoms with E-state index in [1.807, 2.05) is 0 Å². The van der Waals surface area contributed by atoms with Crippen LogP contribution in [0.1, 0.15) is 11.5 Å². The van der Waals surface area contributed by atoms with Gasteiger partial charge in [-0.2, -0.15) is 5.10 Å². The lowest BCUT2D eigenvalue weighted by molar-refractivity contribution is -0.139. The van der Waals surface area contributed by atoms with Crippen LogP contribution in [0.3, 0.4) is 0 Å². The summed E-state index contributed by atoms with van der Waals surface area (Å²) in [6.07, 6.45) is 2.81. The minimum Gasteiger partial charge on any atom is -0.481 e. The van der Waals surface area contributed by atoms with E-state index in [1.165, 1.54) is 23.4 Å². The molecule has 0 fully saturated rings. The largest absolute Gasteiger partial charge is 0.481 e. The van der Waals surface area contributed by atoms with Gasteiger partial charge in [0.2, 0.25) is 0 Å². The Morgan fingerprint density at radius 3 is 2.78 bits per heavy atom. The number of carbonyl (C=O) groups is 1. The summed E-state index contributed by atoms with van der Waals surface area (Å²) in [5.41, 5.74) is 0.504. The number of carboxylic acid groups (broad SMARTS) is 1. The lowest BCUT2D eigenvalue weighted by Gasteiger charge is -2.14. The molecule has 0 spiro atoms. The number of halogens is 2. The second kappa shape index (κ2) is 5.37. The molecule has 0 aliphatic carbocycles. The van der Waals surface area contributed by atoms with Crippen molar-refractivity contribution in [3.8, 4) is 0 Å². The van der Waals surface area contributed by atoms with E-state index in [4.69, 9.17) is 23.2 Å². The third-order valence-corrected chi connectivity index (χ3v) is 3.03. The topological polar surface area (TPSA) is 68.0 Å². The summed E-state index contributed by atoms with van der Waals surface area (Å²) in [4.78, 5) is 15.1. The average molecular weight is 286 g/mol. The van der Waals surface area contributed by atoms with Crippen molar-refractivity contribution in [2.75, 3.05) is 0 Å².